The molecular formula is C6H13BNO4P. The quantitative estimate of drug-likeness (QED) is 0.477. The summed E-state index contributed by atoms with van der Waals surface area (Å²) >= 11 is 0. The maximum atomic E-state index is 10.9. The fraction of sp³-hybridized carbons (Fsp3) is 0.667. The average molecular weight is 205 g/mol. The summed E-state index contributed by atoms with van der Waals surface area (Å²) < 4.78 is 8.96. The summed E-state index contributed by atoms with van der Waals surface area (Å²) in [6.07, 6.45) is 0.357. The van der Waals surface area contributed by atoms with Crippen molar-refractivity contribution in [3.63, 3.8) is 0 Å². The molecule has 0 saturated heterocycles. The van der Waals surface area contributed by atoms with Gasteiger partial charge in [-0.1, -0.05) is 6.82 Å². The van der Waals surface area contributed by atoms with E-state index >= 15 is 0 Å². The first-order valence-electron chi connectivity index (χ1n) is 3.93. The van der Waals surface area contributed by atoms with E-state index in [0.717, 1.165) is 0 Å². The van der Waals surface area contributed by atoms with Crippen LogP contribution in [-0.2, 0) is 18.8 Å². The summed E-state index contributed by atoms with van der Waals surface area (Å²) in [5.74, 6) is -0.899. The van der Waals surface area contributed by atoms with Crippen molar-refractivity contribution in [2.45, 2.75) is 25.7 Å². The van der Waals surface area contributed by atoms with E-state index in [2.05, 4.69) is 9.18 Å². The van der Waals surface area contributed by atoms with E-state index < -0.39 is 18.0 Å². The Morgan fingerprint density at radius 1 is 1.62 bits per heavy atom. The van der Waals surface area contributed by atoms with Crippen LogP contribution in [0.25, 0.3) is 0 Å². The van der Waals surface area contributed by atoms with E-state index in [0.29, 0.717) is 7.48 Å². The van der Waals surface area contributed by atoms with Crippen LogP contribution < -0.4 is 5.73 Å². The zero-order valence-electron chi connectivity index (χ0n) is 7.49. The molecule has 0 aromatic rings. The van der Waals surface area contributed by atoms with Gasteiger partial charge in [0.1, 0.15) is 6.04 Å². The molecule has 13 heavy (non-hydrogen) atoms. The Balaban J connectivity index is 3.67. The Morgan fingerprint density at radius 3 is 2.69 bits per heavy atom. The Bertz CT molecular complexity index is 189. The van der Waals surface area contributed by atoms with Crippen LogP contribution in [0.3, 0.4) is 0 Å². The van der Waals surface area contributed by atoms with Crippen LogP contribution in [0, 0.1) is 0 Å². The molecule has 2 atom stereocenters. The summed E-state index contributed by atoms with van der Waals surface area (Å²) in [6.45, 7) is 1.70. The largest absolute Gasteiger partial charge is 0.539 e. The Labute approximate surface area is 79.9 Å². The first-order chi connectivity index (χ1) is 6.11. The van der Waals surface area contributed by atoms with Gasteiger partial charge in [-0.15, -0.1) is 0 Å². The maximum Gasteiger partial charge on any atom is 0.340 e. The van der Waals surface area contributed by atoms with Gasteiger partial charge in [0.05, 0.1) is 9.47 Å². The highest BCUT2D eigenvalue weighted by atomic mass is 31.0. The van der Waals surface area contributed by atoms with Gasteiger partial charge in [-0.3, -0.25) is 9.59 Å². The molecular weight excluding hydrogens is 192 g/mol. The Hall–Kier alpha value is -0.605. The highest BCUT2D eigenvalue weighted by Gasteiger charge is 2.15. The Kier molecular flexibility index (Phi) is 6.54. The molecule has 0 aromatic carbocycles. The molecule has 0 saturated carbocycles. The lowest BCUT2D eigenvalue weighted by Crippen LogP contribution is -2.33. The van der Waals surface area contributed by atoms with E-state index in [1.54, 1.807) is 6.82 Å². The fourth-order valence-electron chi connectivity index (χ4n) is 0.699. The molecule has 74 valence electrons. The highest BCUT2D eigenvalue weighted by molar-refractivity contribution is 7.10. The molecule has 0 aliphatic heterocycles. The van der Waals surface area contributed by atoms with Gasteiger partial charge in [-0.2, -0.15) is 0 Å². The summed E-state index contributed by atoms with van der Waals surface area (Å²) in [6, 6.07) is -0.746. The molecule has 0 amide bonds. The topological polar surface area (TPSA) is 78.6 Å². The number of carbonyl (C=O) groups is 2. The van der Waals surface area contributed by atoms with Crippen LogP contribution in [0.15, 0.2) is 0 Å². The lowest BCUT2D eigenvalue weighted by atomic mass is 10.1. The monoisotopic (exact) mass is 205 g/mol. The lowest BCUT2D eigenvalue weighted by molar-refractivity contribution is -0.136. The van der Waals surface area contributed by atoms with Gasteiger partial charge in [0.25, 0.3) is 0 Å². The van der Waals surface area contributed by atoms with Gasteiger partial charge >= 0.3 is 19.4 Å². The van der Waals surface area contributed by atoms with Crippen molar-refractivity contribution in [2.75, 3.05) is 0 Å². The molecule has 7 heteroatoms. The number of hydrogen-bond donors (Lipinski definition) is 1. The van der Waals surface area contributed by atoms with E-state index in [1.165, 1.54) is 0 Å². The van der Waals surface area contributed by atoms with Crippen molar-refractivity contribution in [3.05, 3.63) is 0 Å². The van der Waals surface area contributed by atoms with Crippen molar-refractivity contribution in [1.82, 2.24) is 0 Å². The normalized spacial score (nSPS) is 11.6. The lowest BCUT2D eigenvalue weighted by Gasteiger charge is -2.09. The third-order valence-electron chi connectivity index (χ3n) is 1.38. The van der Waals surface area contributed by atoms with Gasteiger partial charge in [-0.05, 0) is 6.42 Å². The summed E-state index contributed by atoms with van der Waals surface area (Å²) in [4.78, 5) is 21.6. The molecule has 0 aromatic heterocycles. The van der Waals surface area contributed by atoms with Crippen LogP contribution >= 0.6 is 9.47 Å². The summed E-state index contributed by atoms with van der Waals surface area (Å²) in [5, 5.41) is 0. The molecule has 0 fully saturated rings. The SMILES string of the molecule is CBOC(=O)C(N)CCC(=O)OP. The number of carbonyl (C=O) groups excluding carboxylic acids is 2. The van der Waals surface area contributed by atoms with E-state index in [1.807, 2.05) is 9.47 Å². The molecule has 2 N–H and O–H groups in total. The molecule has 2 unspecified atom stereocenters. The van der Waals surface area contributed by atoms with Crippen LogP contribution in [0.4, 0.5) is 0 Å². The van der Waals surface area contributed by atoms with Gasteiger partial charge in [0.15, 0.2) is 0 Å². The highest BCUT2D eigenvalue weighted by Crippen LogP contribution is 2.00. The predicted molar refractivity (Wildman–Crippen MR) is 52.1 cm³/mol. The summed E-state index contributed by atoms with van der Waals surface area (Å²) in [5.41, 5.74) is 5.42. The van der Waals surface area contributed by atoms with Crippen LogP contribution in [0.2, 0.25) is 6.82 Å². The average Bonchev–Trinajstić information content (AvgIpc) is 2.13. The van der Waals surface area contributed by atoms with Crippen LogP contribution in [-0.4, -0.2) is 25.5 Å². The number of hydrogen-bond acceptors (Lipinski definition) is 5. The first-order valence-corrected chi connectivity index (χ1v) is 4.40. The summed E-state index contributed by atoms with van der Waals surface area (Å²) in [7, 11) is 2.13. The van der Waals surface area contributed by atoms with Gasteiger partial charge < -0.3 is 14.9 Å². The Morgan fingerprint density at radius 2 is 2.23 bits per heavy atom. The predicted octanol–water partition coefficient (Wildman–Crippen LogP) is -0.630. The van der Waals surface area contributed by atoms with Gasteiger partial charge in [-0.25, -0.2) is 0 Å². The minimum absolute atomic E-state index is 0.115. The number of rotatable bonds is 5. The molecule has 0 aliphatic rings. The molecule has 0 radical (unpaired) electrons. The molecule has 0 aliphatic carbocycles. The van der Waals surface area contributed by atoms with Crippen molar-refractivity contribution in [2.24, 2.45) is 5.73 Å². The van der Waals surface area contributed by atoms with Crippen molar-refractivity contribution in [1.29, 1.82) is 0 Å². The fourth-order valence-corrected chi connectivity index (χ4v) is 0.817. The minimum Gasteiger partial charge on any atom is -0.539 e. The molecule has 0 bridgehead atoms. The van der Waals surface area contributed by atoms with Crippen molar-refractivity contribution in [3.8, 4) is 0 Å². The van der Waals surface area contributed by atoms with E-state index in [-0.39, 0.29) is 12.8 Å². The molecule has 0 rings (SSSR count). The zero-order valence-corrected chi connectivity index (χ0v) is 8.64. The molecule has 0 heterocycles. The van der Waals surface area contributed by atoms with Gasteiger partial charge in [0, 0.05) is 6.42 Å². The van der Waals surface area contributed by atoms with Crippen LogP contribution in [0.1, 0.15) is 12.8 Å². The molecule has 5 nitrogen and oxygen atoms in total. The van der Waals surface area contributed by atoms with Gasteiger partial charge in [0.2, 0.25) is 0 Å². The van der Waals surface area contributed by atoms with Crippen molar-refractivity contribution < 1.29 is 18.8 Å². The standard InChI is InChI=1S/C6H13BNO4P/c1-7-11-6(10)4(8)2-3-5(9)12-13/h4,7H,2-3,8,13H2,1H3. The first kappa shape index (κ1) is 12.4. The number of nitrogens with two attached hydrogens (primary N) is 1. The molecule has 0 spiro atoms. The zero-order chi connectivity index (χ0) is 10.3. The third-order valence-corrected chi connectivity index (χ3v) is 1.64. The second-order valence-corrected chi connectivity index (χ2v) is 2.62. The van der Waals surface area contributed by atoms with E-state index in [9.17, 15) is 9.59 Å². The smallest absolute Gasteiger partial charge is 0.340 e. The third kappa shape index (κ3) is 5.61. The van der Waals surface area contributed by atoms with E-state index in [4.69, 9.17) is 5.73 Å². The van der Waals surface area contributed by atoms with Crippen LogP contribution in [0.5, 0.6) is 0 Å². The van der Waals surface area contributed by atoms with Crippen molar-refractivity contribution >= 4 is 28.9 Å². The second-order valence-electron chi connectivity index (χ2n) is 2.39. The minimum atomic E-state index is -0.746. The second kappa shape index (κ2) is 6.86. The maximum absolute atomic E-state index is 10.9.